The summed E-state index contributed by atoms with van der Waals surface area (Å²) in [6.45, 7) is 4.94. The zero-order valence-corrected chi connectivity index (χ0v) is 17.7. The lowest BCUT2D eigenvalue weighted by atomic mass is 10.2. The second-order valence-corrected chi connectivity index (χ2v) is 7.86. The largest absolute Gasteiger partial charge is 0.494 e. The average Bonchev–Trinajstić information content (AvgIpc) is 3.01. The van der Waals surface area contributed by atoms with Gasteiger partial charge in [0.2, 0.25) is 11.8 Å². The monoisotopic (exact) mass is 429 g/mol. The van der Waals surface area contributed by atoms with Gasteiger partial charge in [0.1, 0.15) is 16.8 Å². The molecule has 0 radical (unpaired) electrons. The van der Waals surface area contributed by atoms with Crippen LogP contribution in [0, 0.1) is 5.82 Å². The number of ether oxygens (including phenoxy) is 1. The van der Waals surface area contributed by atoms with Crippen molar-refractivity contribution in [1.82, 2.24) is 4.90 Å². The van der Waals surface area contributed by atoms with E-state index in [-0.39, 0.29) is 18.2 Å². The Bertz CT molecular complexity index is 933. The molecule has 2 aromatic carbocycles. The molecule has 30 heavy (non-hydrogen) atoms. The molecule has 0 unspecified atom stereocenters. The first kappa shape index (κ1) is 21.8. The minimum Gasteiger partial charge on any atom is -0.494 e. The minimum absolute atomic E-state index is 0.0241. The molecule has 0 aliphatic carbocycles. The summed E-state index contributed by atoms with van der Waals surface area (Å²) in [6, 6.07) is 13.0. The van der Waals surface area contributed by atoms with Crippen LogP contribution in [0.25, 0.3) is 0 Å². The number of carbonyl (C=O) groups excluding carboxylic acids is 2. The number of nitrogens with zero attached hydrogens (tertiary/aromatic N) is 2. The first-order valence-electron chi connectivity index (χ1n) is 9.85. The SMILES string of the molecule is CCCOc1ccc(NC(=O)C[C@@H]2SC(=Nc3cccc(F)c3)N(CC)C2=O)cc1. The Hall–Kier alpha value is -2.87. The molecular formula is C22H24FN3O3S. The van der Waals surface area contributed by atoms with Crippen molar-refractivity contribution in [2.45, 2.75) is 31.9 Å². The topological polar surface area (TPSA) is 71.0 Å². The van der Waals surface area contributed by atoms with Gasteiger partial charge in [-0.25, -0.2) is 9.38 Å². The molecular weight excluding hydrogens is 405 g/mol. The van der Waals surface area contributed by atoms with Gasteiger partial charge in [-0.15, -0.1) is 0 Å². The Morgan fingerprint density at radius 3 is 2.67 bits per heavy atom. The Labute approximate surface area is 179 Å². The molecule has 1 atom stereocenters. The third-order valence-corrected chi connectivity index (χ3v) is 5.53. The Balaban J connectivity index is 1.63. The number of amidine groups is 1. The third-order valence-electron chi connectivity index (χ3n) is 4.35. The zero-order chi connectivity index (χ0) is 21.5. The quantitative estimate of drug-likeness (QED) is 0.666. The van der Waals surface area contributed by atoms with Crippen LogP contribution in [0.15, 0.2) is 53.5 Å². The van der Waals surface area contributed by atoms with Gasteiger partial charge in [-0.3, -0.25) is 14.5 Å². The molecule has 1 saturated heterocycles. The molecule has 158 valence electrons. The summed E-state index contributed by atoms with van der Waals surface area (Å²) in [5, 5.41) is 2.72. The van der Waals surface area contributed by atoms with E-state index < -0.39 is 11.1 Å². The van der Waals surface area contributed by atoms with Crippen LogP contribution in [0.1, 0.15) is 26.7 Å². The highest BCUT2D eigenvalue weighted by atomic mass is 32.2. The molecule has 0 spiro atoms. The Morgan fingerprint density at radius 2 is 2.00 bits per heavy atom. The molecule has 1 fully saturated rings. The van der Waals surface area contributed by atoms with Gasteiger partial charge in [-0.05, 0) is 55.8 Å². The molecule has 0 saturated carbocycles. The van der Waals surface area contributed by atoms with Crippen molar-refractivity contribution in [3.8, 4) is 5.75 Å². The number of halogens is 1. The van der Waals surface area contributed by atoms with Crippen LogP contribution in [-0.2, 0) is 9.59 Å². The first-order valence-corrected chi connectivity index (χ1v) is 10.7. The minimum atomic E-state index is -0.565. The van der Waals surface area contributed by atoms with Gasteiger partial charge in [0.05, 0.1) is 12.3 Å². The fourth-order valence-corrected chi connectivity index (χ4v) is 4.13. The standard InChI is InChI=1S/C22H24FN3O3S/c1-3-12-29-18-10-8-16(9-11-18)24-20(27)14-19-21(28)26(4-2)22(30-19)25-17-7-5-6-15(23)13-17/h5-11,13,19H,3-4,12,14H2,1-2H3,(H,24,27)/t19-/m0/s1. The van der Waals surface area contributed by atoms with Crippen LogP contribution in [-0.4, -0.2) is 40.3 Å². The Kier molecular flexibility index (Phi) is 7.46. The number of nitrogens with one attached hydrogen (secondary N) is 1. The van der Waals surface area contributed by atoms with Gasteiger partial charge in [-0.1, -0.05) is 24.8 Å². The molecule has 0 aromatic heterocycles. The number of benzene rings is 2. The normalized spacial score (nSPS) is 17.4. The predicted octanol–water partition coefficient (Wildman–Crippen LogP) is 4.59. The van der Waals surface area contributed by atoms with E-state index in [9.17, 15) is 14.0 Å². The third kappa shape index (κ3) is 5.60. The van der Waals surface area contributed by atoms with Crippen molar-refractivity contribution in [3.05, 3.63) is 54.3 Å². The maximum atomic E-state index is 13.4. The van der Waals surface area contributed by atoms with E-state index in [2.05, 4.69) is 10.3 Å². The number of thioether (sulfide) groups is 1. The van der Waals surface area contributed by atoms with Gasteiger partial charge < -0.3 is 10.1 Å². The fraction of sp³-hybridized carbons (Fsp3) is 0.318. The summed E-state index contributed by atoms with van der Waals surface area (Å²) in [7, 11) is 0. The highest BCUT2D eigenvalue weighted by Gasteiger charge is 2.38. The molecule has 1 aliphatic heterocycles. The lowest BCUT2D eigenvalue weighted by molar-refractivity contribution is -0.128. The van der Waals surface area contributed by atoms with Crippen LogP contribution in [0.3, 0.4) is 0 Å². The molecule has 1 N–H and O–H groups in total. The highest BCUT2D eigenvalue weighted by molar-refractivity contribution is 8.15. The average molecular weight is 430 g/mol. The van der Waals surface area contributed by atoms with Gasteiger partial charge in [0, 0.05) is 18.7 Å². The van der Waals surface area contributed by atoms with Crippen LogP contribution < -0.4 is 10.1 Å². The number of hydrogen-bond donors (Lipinski definition) is 1. The van der Waals surface area contributed by atoms with Gasteiger partial charge >= 0.3 is 0 Å². The number of rotatable bonds is 8. The number of amides is 2. The number of aliphatic imine (C=N–C) groups is 1. The van der Waals surface area contributed by atoms with E-state index in [4.69, 9.17) is 4.74 Å². The Morgan fingerprint density at radius 1 is 1.23 bits per heavy atom. The number of carbonyl (C=O) groups is 2. The summed E-state index contributed by atoms with van der Waals surface area (Å²) in [4.78, 5) is 31.1. The fourth-order valence-electron chi connectivity index (χ4n) is 2.91. The molecule has 6 nitrogen and oxygen atoms in total. The van der Waals surface area contributed by atoms with Crippen molar-refractivity contribution in [2.75, 3.05) is 18.5 Å². The van der Waals surface area contributed by atoms with E-state index in [1.54, 1.807) is 36.4 Å². The van der Waals surface area contributed by atoms with Gasteiger partial charge in [0.15, 0.2) is 5.17 Å². The molecule has 1 aliphatic rings. The number of anilines is 1. The lowest BCUT2D eigenvalue weighted by Gasteiger charge is -2.13. The highest BCUT2D eigenvalue weighted by Crippen LogP contribution is 2.32. The summed E-state index contributed by atoms with van der Waals surface area (Å²) in [5.41, 5.74) is 1.07. The molecule has 2 amide bonds. The first-order chi connectivity index (χ1) is 14.5. The number of hydrogen-bond acceptors (Lipinski definition) is 5. The second-order valence-electron chi connectivity index (χ2n) is 6.69. The van der Waals surface area contributed by atoms with Crippen molar-refractivity contribution < 1.29 is 18.7 Å². The predicted molar refractivity (Wildman–Crippen MR) is 118 cm³/mol. The van der Waals surface area contributed by atoms with Crippen molar-refractivity contribution in [1.29, 1.82) is 0 Å². The summed E-state index contributed by atoms with van der Waals surface area (Å²) < 4.78 is 18.9. The summed E-state index contributed by atoms with van der Waals surface area (Å²) >= 11 is 1.23. The van der Waals surface area contributed by atoms with Crippen LogP contribution in [0.5, 0.6) is 5.75 Å². The second kappa shape index (κ2) is 10.2. The van der Waals surface area contributed by atoms with E-state index in [0.29, 0.717) is 29.7 Å². The van der Waals surface area contributed by atoms with Crippen molar-refractivity contribution in [3.63, 3.8) is 0 Å². The molecule has 0 bridgehead atoms. The van der Waals surface area contributed by atoms with E-state index in [0.717, 1.165) is 12.2 Å². The van der Waals surface area contributed by atoms with Gasteiger partial charge in [-0.2, -0.15) is 0 Å². The van der Waals surface area contributed by atoms with Crippen molar-refractivity contribution in [2.24, 2.45) is 4.99 Å². The lowest BCUT2D eigenvalue weighted by Crippen LogP contribution is -2.33. The van der Waals surface area contributed by atoms with E-state index >= 15 is 0 Å². The maximum Gasteiger partial charge on any atom is 0.242 e. The molecule has 1 heterocycles. The molecule has 3 rings (SSSR count). The summed E-state index contributed by atoms with van der Waals surface area (Å²) in [6.07, 6.45) is 0.946. The zero-order valence-electron chi connectivity index (χ0n) is 16.9. The van der Waals surface area contributed by atoms with Crippen LogP contribution >= 0.6 is 11.8 Å². The van der Waals surface area contributed by atoms with Crippen molar-refractivity contribution >= 4 is 40.1 Å². The molecule has 8 heteroatoms. The maximum absolute atomic E-state index is 13.4. The van der Waals surface area contributed by atoms with Crippen LogP contribution in [0.2, 0.25) is 0 Å². The van der Waals surface area contributed by atoms with Gasteiger partial charge in [0.25, 0.3) is 0 Å². The molecule has 2 aromatic rings. The van der Waals surface area contributed by atoms with Crippen LogP contribution in [0.4, 0.5) is 15.8 Å². The van der Waals surface area contributed by atoms with E-state index in [1.807, 2.05) is 13.8 Å². The smallest absolute Gasteiger partial charge is 0.242 e. The van der Waals surface area contributed by atoms with E-state index in [1.165, 1.54) is 28.8 Å². The summed E-state index contributed by atoms with van der Waals surface area (Å²) in [5.74, 6) is -0.0771.